The summed E-state index contributed by atoms with van der Waals surface area (Å²) in [5.41, 5.74) is 1.22. The minimum atomic E-state index is -0.0414. The van der Waals surface area contributed by atoms with E-state index in [9.17, 15) is 4.79 Å². The van der Waals surface area contributed by atoms with Gasteiger partial charge in [-0.05, 0) is 31.5 Å². The van der Waals surface area contributed by atoms with Crippen LogP contribution in [0.15, 0.2) is 35.5 Å². The maximum Gasteiger partial charge on any atom is 0.328 e. The topological polar surface area (TPSA) is 63.6 Å². The largest absolute Gasteiger partial charge is 0.328 e. The van der Waals surface area contributed by atoms with Crippen LogP contribution in [-0.2, 0) is 6.54 Å². The molecule has 92 valence electrons. The molecule has 2 aromatic rings. The molecule has 0 aromatic carbocycles. The normalized spacial score (nSPS) is 10.6. The number of pyridine rings is 1. The molecule has 5 heteroatoms. The molecular weight excluding hydrogens is 228 g/mol. The first-order chi connectivity index (χ1) is 8.61. The smallest absolute Gasteiger partial charge is 0.297 e. The van der Waals surface area contributed by atoms with E-state index in [4.69, 9.17) is 5.26 Å². The van der Waals surface area contributed by atoms with Crippen molar-refractivity contribution in [3.8, 4) is 6.07 Å². The van der Waals surface area contributed by atoms with Gasteiger partial charge >= 0.3 is 5.69 Å². The number of aromatic nitrogens is 3. The summed E-state index contributed by atoms with van der Waals surface area (Å²) in [4.78, 5) is 15.9. The van der Waals surface area contributed by atoms with Crippen LogP contribution < -0.4 is 5.69 Å². The van der Waals surface area contributed by atoms with E-state index in [1.54, 1.807) is 39.9 Å². The second-order valence-electron chi connectivity index (χ2n) is 4.37. The fourth-order valence-corrected chi connectivity index (χ4v) is 1.77. The lowest BCUT2D eigenvalue weighted by Crippen LogP contribution is -2.25. The summed E-state index contributed by atoms with van der Waals surface area (Å²) in [6.45, 7) is 4.38. The molecule has 5 nitrogen and oxygen atoms in total. The highest BCUT2D eigenvalue weighted by Gasteiger charge is 2.06. The maximum atomic E-state index is 12.0. The minimum absolute atomic E-state index is 0.0414. The summed E-state index contributed by atoms with van der Waals surface area (Å²) < 4.78 is 3.29. The summed E-state index contributed by atoms with van der Waals surface area (Å²) in [5, 5.41) is 8.77. The fourth-order valence-electron chi connectivity index (χ4n) is 1.77. The van der Waals surface area contributed by atoms with Crippen LogP contribution in [0.1, 0.15) is 31.1 Å². The van der Waals surface area contributed by atoms with Crippen molar-refractivity contribution in [3.63, 3.8) is 0 Å². The van der Waals surface area contributed by atoms with Crippen LogP contribution in [0, 0.1) is 11.3 Å². The van der Waals surface area contributed by atoms with E-state index in [0.29, 0.717) is 12.2 Å². The highest BCUT2D eigenvalue weighted by atomic mass is 16.1. The molecule has 0 bridgehead atoms. The SMILES string of the molecule is CC(C)n1ccn(Cc2ccnc(C#N)c2)c1=O. The van der Waals surface area contributed by atoms with E-state index >= 15 is 0 Å². The molecule has 2 rings (SSSR count). The molecule has 0 spiro atoms. The first kappa shape index (κ1) is 12.1. The van der Waals surface area contributed by atoms with Gasteiger partial charge in [-0.1, -0.05) is 0 Å². The quantitative estimate of drug-likeness (QED) is 0.820. The Bertz CT molecular complexity index is 645. The van der Waals surface area contributed by atoms with Crippen LogP contribution in [0.4, 0.5) is 0 Å². The summed E-state index contributed by atoms with van der Waals surface area (Å²) in [5.74, 6) is 0. The Labute approximate surface area is 105 Å². The third kappa shape index (κ3) is 2.33. The van der Waals surface area contributed by atoms with Crippen LogP contribution in [0.25, 0.3) is 0 Å². The van der Waals surface area contributed by atoms with Crippen molar-refractivity contribution >= 4 is 0 Å². The number of imidazole rings is 1. The molecule has 0 radical (unpaired) electrons. The predicted octanol–water partition coefficient (Wildman–Crippen LogP) is 1.55. The van der Waals surface area contributed by atoms with Crippen molar-refractivity contribution < 1.29 is 0 Å². The Balaban J connectivity index is 2.29. The molecule has 0 amide bonds. The molecule has 0 fully saturated rings. The van der Waals surface area contributed by atoms with Crippen LogP contribution in [0.3, 0.4) is 0 Å². The van der Waals surface area contributed by atoms with Gasteiger partial charge in [0.2, 0.25) is 0 Å². The number of rotatable bonds is 3. The van der Waals surface area contributed by atoms with Crippen LogP contribution in [-0.4, -0.2) is 14.1 Å². The molecular formula is C13H14N4O. The van der Waals surface area contributed by atoms with Crippen molar-refractivity contribution in [1.29, 1.82) is 5.26 Å². The van der Waals surface area contributed by atoms with Crippen molar-refractivity contribution in [2.75, 3.05) is 0 Å². The molecule has 0 saturated carbocycles. The standard InChI is InChI=1S/C13H14N4O/c1-10(2)17-6-5-16(13(17)18)9-11-3-4-15-12(7-11)8-14/h3-7,10H,9H2,1-2H3. The second kappa shape index (κ2) is 4.88. The summed E-state index contributed by atoms with van der Waals surface area (Å²) in [7, 11) is 0. The predicted molar refractivity (Wildman–Crippen MR) is 67.1 cm³/mol. The Hall–Kier alpha value is -2.35. The third-order valence-corrected chi connectivity index (χ3v) is 2.72. The van der Waals surface area contributed by atoms with E-state index in [2.05, 4.69) is 4.98 Å². The lowest BCUT2D eigenvalue weighted by atomic mass is 10.2. The summed E-state index contributed by atoms with van der Waals surface area (Å²) >= 11 is 0. The average molecular weight is 242 g/mol. The van der Waals surface area contributed by atoms with Gasteiger partial charge in [0.25, 0.3) is 0 Å². The van der Waals surface area contributed by atoms with Crippen molar-refractivity contribution in [2.24, 2.45) is 0 Å². The molecule has 0 unspecified atom stereocenters. The summed E-state index contributed by atoms with van der Waals surface area (Å²) in [6, 6.07) is 5.63. The van der Waals surface area contributed by atoms with Gasteiger partial charge in [-0.15, -0.1) is 0 Å². The van der Waals surface area contributed by atoms with E-state index in [0.717, 1.165) is 5.56 Å². The lowest BCUT2D eigenvalue weighted by molar-refractivity contribution is 0.561. The third-order valence-electron chi connectivity index (χ3n) is 2.72. The maximum absolute atomic E-state index is 12.0. The van der Waals surface area contributed by atoms with Crippen molar-refractivity contribution in [3.05, 3.63) is 52.5 Å². The van der Waals surface area contributed by atoms with E-state index in [-0.39, 0.29) is 11.7 Å². The number of hydrogen-bond donors (Lipinski definition) is 0. The molecule has 0 N–H and O–H groups in total. The van der Waals surface area contributed by atoms with Crippen molar-refractivity contribution in [2.45, 2.75) is 26.4 Å². The zero-order chi connectivity index (χ0) is 13.1. The van der Waals surface area contributed by atoms with Crippen molar-refractivity contribution in [1.82, 2.24) is 14.1 Å². The minimum Gasteiger partial charge on any atom is -0.297 e. The van der Waals surface area contributed by atoms with Gasteiger partial charge in [-0.25, -0.2) is 9.78 Å². The van der Waals surface area contributed by atoms with Gasteiger partial charge in [0.1, 0.15) is 11.8 Å². The van der Waals surface area contributed by atoms with E-state index in [1.165, 1.54) is 0 Å². The zero-order valence-electron chi connectivity index (χ0n) is 10.4. The number of nitrogens with zero attached hydrogens (tertiary/aromatic N) is 4. The first-order valence-electron chi connectivity index (χ1n) is 5.74. The molecule has 18 heavy (non-hydrogen) atoms. The number of nitriles is 1. The zero-order valence-corrected chi connectivity index (χ0v) is 10.4. The highest BCUT2D eigenvalue weighted by Crippen LogP contribution is 2.04. The second-order valence-corrected chi connectivity index (χ2v) is 4.37. The molecule has 2 heterocycles. The van der Waals surface area contributed by atoms with Crippen LogP contribution >= 0.6 is 0 Å². The molecule has 0 atom stereocenters. The van der Waals surface area contributed by atoms with Gasteiger partial charge in [0.05, 0.1) is 6.54 Å². The van der Waals surface area contributed by atoms with Gasteiger partial charge in [0, 0.05) is 24.6 Å². The average Bonchev–Trinajstić information content (AvgIpc) is 2.71. The van der Waals surface area contributed by atoms with Gasteiger partial charge in [-0.3, -0.25) is 9.13 Å². The van der Waals surface area contributed by atoms with E-state index < -0.39 is 0 Å². The molecule has 0 aliphatic heterocycles. The fraction of sp³-hybridized carbons (Fsp3) is 0.308. The van der Waals surface area contributed by atoms with Gasteiger partial charge in [0.15, 0.2) is 0 Å². The highest BCUT2D eigenvalue weighted by molar-refractivity contribution is 5.25. The summed E-state index contributed by atoms with van der Waals surface area (Å²) in [6.07, 6.45) is 5.12. The Kier molecular flexibility index (Phi) is 3.28. The van der Waals surface area contributed by atoms with Crippen LogP contribution in [0.5, 0.6) is 0 Å². The molecule has 0 aliphatic rings. The lowest BCUT2D eigenvalue weighted by Gasteiger charge is -2.05. The Morgan fingerprint density at radius 3 is 2.83 bits per heavy atom. The monoisotopic (exact) mass is 242 g/mol. The first-order valence-corrected chi connectivity index (χ1v) is 5.74. The van der Waals surface area contributed by atoms with Gasteiger partial charge < -0.3 is 0 Å². The molecule has 2 aromatic heterocycles. The van der Waals surface area contributed by atoms with Gasteiger partial charge in [-0.2, -0.15) is 5.26 Å². The Morgan fingerprint density at radius 1 is 1.44 bits per heavy atom. The molecule has 0 saturated heterocycles. The van der Waals surface area contributed by atoms with Crippen LogP contribution in [0.2, 0.25) is 0 Å². The van der Waals surface area contributed by atoms with E-state index in [1.807, 2.05) is 19.9 Å². The molecule has 0 aliphatic carbocycles. The Morgan fingerprint density at radius 2 is 2.22 bits per heavy atom. The number of hydrogen-bond acceptors (Lipinski definition) is 3.